The summed E-state index contributed by atoms with van der Waals surface area (Å²) in [4.78, 5) is 0. The van der Waals surface area contributed by atoms with Gasteiger partial charge in [0.25, 0.3) is 0 Å². The number of para-hydroxylation sites is 2. The topological polar surface area (TPSA) is 96.0 Å². The molecule has 3 atom stereocenters. The highest BCUT2D eigenvalue weighted by molar-refractivity contribution is 5.56. The molecule has 0 saturated carbocycles. The quantitative estimate of drug-likeness (QED) is 0.383. The fourth-order valence-corrected chi connectivity index (χ4v) is 5.40. The predicted octanol–water partition coefficient (Wildman–Crippen LogP) is 5.64. The first-order chi connectivity index (χ1) is 17.5. The monoisotopic (exact) mass is 496 g/mol. The Morgan fingerprint density at radius 2 is 1.69 bits per heavy atom. The number of nitrogens with zero attached hydrogens (tertiary/aromatic N) is 1. The van der Waals surface area contributed by atoms with E-state index in [-0.39, 0.29) is 18.1 Å². The molecule has 36 heavy (non-hydrogen) atoms. The van der Waals surface area contributed by atoms with Gasteiger partial charge in [-0.05, 0) is 55.0 Å². The Kier molecular flexibility index (Phi) is 9.72. The Balaban J connectivity index is 1.75. The van der Waals surface area contributed by atoms with Crippen LogP contribution in [0.25, 0.3) is 0 Å². The van der Waals surface area contributed by atoms with Crippen molar-refractivity contribution in [2.24, 2.45) is 11.7 Å². The summed E-state index contributed by atoms with van der Waals surface area (Å²) < 4.78 is 28.6. The van der Waals surface area contributed by atoms with Gasteiger partial charge in [-0.2, -0.15) is 5.26 Å². The van der Waals surface area contributed by atoms with E-state index in [0.717, 1.165) is 42.7 Å². The molecular formula is C29H40N2O5. The zero-order chi connectivity index (χ0) is 26.1. The maximum atomic E-state index is 10.6. The lowest BCUT2D eigenvalue weighted by molar-refractivity contribution is 0.0788. The Morgan fingerprint density at radius 1 is 1.06 bits per heavy atom. The third kappa shape index (κ3) is 5.82. The lowest BCUT2D eigenvalue weighted by Crippen LogP contribution is -2.37. The van der Waals surface area contributed by atoms with E-state index in [4.69, 9.17) is 29.4 Å². The summed E-state index contributed by atoms with van der Waals surface area (Å²) >= 11 is 0. The number of rotatable bonds is 13. The average molecular weight is 497 g/mol. The zero-order valence-electron chi connectivity index (χ0n) is 22.2. The van der Waals surface area contributed by atoms with Crippen LogP contribution in [0.4, 0.5) is 0 Å². The van der Waals surface area contributed by atoms with Crippen molar-refractivity contribution < 1.29 is 23.7 Å². The van der Waals surface area contributed by atoms with Crippen LogP contribution >= 0.6 is 0 Å². The number of hydrogen-bond donors (Lipinski definition) is 1. The minimum absolute atomic E-state index is 0.0538. The van der Waals surface area contributed by atoms with E-state index >= 15 is 0 Å². The van der Waals surface area contributed by atoms with Gasteiger partial charge in [-0.15, -0.1) is 0 Å². The molecule has 7 nitrogen and oxygen atoms in total. The first-order valence-electron chi connectivity index (χ1n) is 12.8. The average Bonchev–Trinajstić information content (AvgIpc) is 2.91. The summed E-state index contributed by atoms with van der Waals surface area (Å²) in [7, 11) is 4.78. The van der Waals surface area contributed by atoms with Crippen molar-refractivity contribution in [3.8, 4) is 34.8 Å². The smallest absolute Gasteiger partial charge is 0.203 e. The highest BCUT2D eigenvalue weighted by Crippen LogP contribution is 2.47. The first-order valence-corrected chi connectivity index (χ1v) is 12.8. The molecule has 1 aliphatic heterocycles. The normalized spacial score (nSPS) is 17.1. The largest absolute Gasteiger partial charge is 0.493 e. The van der Waals surface area contributed by atoms with Crippen LogP contribution in [0.5, 0.6) is 28.7 Å². The molecule has 0 bridgehead atoms. The summed E-state index contributed by atoms with van der Waals surface area (Å²) in [5.41, 5.74) is 6.73. The number of fused-ring (bicyclic) bond motifs is 1. The van der Waals surface area contributed by atoms with Gasteiger partial charge in [-0.25, -0.2) is 0 Å². The maximum absolute atomic E-state index is 10.6. The van der Waals surface area contributed by atoms with Gasteiger partial charge in [0.05, 0.1) is 32.8 Å². The van der Waals surface area contributed by atoms with Gasteiger partial charge in [0, 0.05) is 12.5 Å². The highest BCUT2D eigenvalue weighted by Gasteiger charge is 2.40. The summed E-state index contributed by atoms with van der Waals surface area (Å²) in [5.74, 6) is 3.36. The molecule has 1 aliphatic rings. The molecule has 0 fully saturated rings. The van der Waals surface area contributed by atoms with E-state index in [0.29, 0.717) is 36.7 Å². The van der Waals surface area contributed by atoms with E-state index in [1.54, 1.807) is 21.3 Å². The van der Waals surface area contributed by atoms with Crippen LogP contribution in [0.2, 0.25) is 0 Å². The lowest BCUT2D eigenvalue weighted by atomic mass is 9.66. The van der Waals surface area contributed by atoms with E-state index in [1.807, 2.05) is 36.4 Å². The SMILES string of the molecule is CCC(CC)C(C#N)(CCCC(N)CC1COc2ccccc2O1)c1cc(OC)c(OC)c(OC)c1. The fraction of sp³-hybridized carbons (Fsp3) is 0.552. The van der Waals surface area contributed by atoms with Gasteiger partial charge in [0.2, 0.25) is 5.75 Å². The van der Waals surface area contributed by atoms with Crippen LogP contribution in [0.3, 0.4) is 0 Å². The number of hydrogen-bond acceptors (Lipinski definition) is 7. The number of methoxy groups -OCH3 is 3. The van der Waals surface area contributed by atoms with Crippen molar-refractivity contribution in [2.45, 2.75) is 69.9 Å². The Labute approximate surface area is 215 Å². The van der Waals surface area contributed by atoms with Gasteiger partial charge in [0.1, 0.15) is 12.7 Å². The summed E-state index contributed by atoms with van der Waals surface area (Å²) in [6, 6.07) is 14.2. The van der Waals surface area contributed by atoms with Gasteiger partial charge < -0.3 is 29.4 Å². The van der Waals surface area contributed by atoms with Crippen molar-refractivity contribution in [3.05, 3.63) is 42.0 Å². The van der Waals surface area contributed by atoms with E-state index in [2.05, 4.69) is 19.9 Å². The van der Waals surface area contributed by atoms with Crippen LogP contribution in [0.15, 0.2) is 36.4 Å². The molecule has 0 aromatic heterocycles. The number of nitriles is 1. The Bertz CT molecular complexity index is 1010. The standard InChI is InChI=1S/C29H40N2O5/c1-6-20(7-2)29(19-30,21-15-26(32-3)28(34-5)27(16-21)33-4)14-10-11-22(31)17-23-18-35-24-12-8-9-13-25(24)36-23/h8-9,12-13,15-16,20,22-23H,6-7,10-11,14,17-18,31H2,1-5H3. The minimum atomic E-state index is -0.695. The molecule has 3 unspecified atom stereocenters. The van der Waals surface area contributed by atoms with Crippen LogP contribution in [0, 0.1) is 17.2 Å². The van der Waals surface area contributed by atoms with Crippen molar-refractivity contribution in [1.82, 2.24) is 0 Å². The molecule has 0 saturated heterocycles. The van der Waals surface area contributed by atoms with Crippen molar-refractivity contribution in [1.29, 1.82) is 5.26 Å². The molecule has 1 heterocycles. The second kappa shape index (κ2) is 12.7. The van der Waals surface area contributed by atoms with Crippen LogP contribution in [0.1, 0.15) is 57.9 Å². The molecule has 2 aromatic carbocycles. The summed E-state index contributed by atoms with van der Waals surface area (Å²) in [5, 5.41) is 10.6. The van der Waals surface area contributed by atoms with Gasteiger partial charge in [-0.3, -0.25) is 0 Å². The first kappa shape index (κ1) is 27.5. The van der Waals surface area contributed by atoms with Crippen LogP contribution in [-0.2, 0) is 5.41 Å². The van der Waals surface area contributed by atoms with E-state index in [1.165, 1.54) is 0 Å². The summed E-state index contributed by atoms with van der Waals surface area (Å²) in [6.07, 6.45) is 4.68. The molecule has 0 amide bonds. The van der Waals surface area contributed by atoms with Gasteiger partial charge in [0.15, 0.2) is 23.0 Å². The number of nitrogens with two attached hydrogens (primary N) is 1. The minimum Gasteiger partial charge on any atom is -0.493 e. The molecular weight excluding hydrogens is 456 g/mol. The molecule has 0 radical (unpaired) electrons. The second-order valence-corrected chi connectivity index (χ2v) is 9.40. The molecule has 2 N–H and O–H groups in total. The summed E-state index contributed by atoms with van der Waals surface area (Å²) in [6.45, 7) is 4.77. The predicted molar refractivity (Wildman–Crippen MR) is 140 cm³/mol. The van der Waals surface area contributed by atoms with E-state index < -0.39 is 5.41 Å². The Hall–Kier alpha value is -3.11. The lowest BCUT2D eigenvalue weighted by Gasteiger charge is -2.36. The van der Waals surface area contributed by atoms with Crippen molar-refractivity contribution in [3.63, 3.8) is 0 Å². The molecule has 3 rings (SSSR count). The maximum Gasteiger partial charge on any atom is 0.203 e. The fourth-order valence-electron chi connectivity index (χ4n) is 5.40. The van der Waals surface area contributed by atoms with Crippen LogP contribution < -0.4 is 29.4 Å². The second-order valence-electron chi connectivity index (χ2n) is 9.40. The Morgan fingerprint density at radius 3 is 2.25 bits per heavy atom. The number of benzene rings is 2. The molecule has 0 spiro atoms. The highest BCUT2D eigenvalue weighted by atomic mass is 16.6. The van der Waals surface area contributed by atoms with Gasteiger partial charge in [-0.1, -0.05) is 38.8 Å². The third-order valence-electron chi connectivity index (χ3n) is 7.34. The number of ether oxygens (including phenoxy) is 5. The van der Waals surface area contributed by atoms with Crippen molar-refractivity contribution in [2.75, 3.05) is 27.9 Å². The van der Waals surface area contributed by atoms with Crippen molar-refractivity contribution >= 4 is 0 Å². The molecule has 0 aliphatic carbocycles. The molecule has 2 aromatic rings. The molecule has 196 valence electrons. The molecule has 7 heteroatoms. The van der Waals surface area contributed by atoms with Crippen LogP contribution in [-0.4, -0.2) is 40.1 Å². The van der Waals surface area contributed by atoms with Gasteiger partial charge >= 0.3 is 0 Å². The van der Waals surface area contributed by atoms with E-state index in [9.17, 15) is 5.26 Å². The zero-order valence-corrected chi connectivity index (χ0v) is 22.2. The third-order valence-corrected chi connectivity index (χ3v) is 7.34.